The quantitative estimate of drug-likeness (QED) is 0.832. The smallest absolute Gasteiger partial charge is 0.261 e. The summed E-state index contributed by atoms with van der Waals surface area (Å²) < 4.78 is 33.0. The summed E-state index contributed by atoms with van der Waals surface area (Å²) in [5.41, 5.74) is 3.26. The lowest BCUT2D eigenvalue weighted by molar-refractivity contribution is -0.122. The molecule has 6 nitrogen and oxygen atoms in total. The average molecular weight is 403 g/mol. The van der Waals surface area contributed by atoms with E-state index in [9.17, 15) is 13.2 Å². The van der Waals surface area contributed by atoms with Crippen LogP contribution in [0.5, 0.6) is 0 Å². The summed E-state index contributed by atoms with van der Waals surface area (Å²) in [6.45, 7) is 6.85. The van der Waals surface area contributed by atoms with Gasteiger partial charge in [0.05, 0.1) is 4.90 Å². The number of amides is 1. The van der Waals surface area contributed by atoms with Crippen molar-refractivity contribution < 1.29 is 17.9 Å². The van der Waals surface area contributed by atoms with Crippen molar-refractivity contribution in [3.05, 3.63) is 53.6 Å². The molecule has 1 aliphatic rings. The maximum Gasteiger partial charge on any atom is 0.261 e. The fourth-order valence-corrected chi connectivity index (χ4v) is 4.32. The summed E-state index contributed by atoms with van der Waals surface area (Å²) in [7, 11) is -2.20. The molecule has 3 rings (SSSR count). The van der Waals surface area contributed by atoms with Gasteiger partial charge in [-0.1, -0.05) is 32.9 Å². The molecule has 1 heterocycles. The Morgan fingerprint density at radius 1 is 1.14 bits per heavy atom. The monoisotopic (exact) mass is 402 g/mol. The van der Waals surface area contributed by atoms with Crippen LogP contribution in [-0.2, 0) is 31.4 Å². The highest BCUT2D eigenvalue weighted by molar-refractivity contribution is 7.92. The van der Waals surface area contributed by atoms with E-state index >= 15 is 0 Å². The molecule has 2 aromatic carbocycles. The molecule has 1 aliphatic heterocycles. The highest BCUT2D eigenvalue weighted by Gasteiger charge is 2.25. The van der Waals surface area contributed by atoms with Crippen molar-refractivity contribution >= 4 is 27.3 Å². The van der Waals surface area contributed by atoms with Crippen LogP contribution in [0.2, 0.25) is 0 Å². The topological polar surface area (TPSA) is 75.7 Å². The van der Waals surface area contributed by atoms with Crippen LogP contribution in [-0.4, -0.2) is 34.6 Å². The third-order valence-electron chi connectivity index (χ3n) is 4.83. The first-order chi connectivity index (χ1) is 13.1. The number of hydrogen-bond acceptors (Lipinski definition) is 4. The summed E-state index contributed by atoms with van der Waals surface area (Å²) in [4.78, 5) is 14.0. The minimum absolute atomic E-state index is 0.0262. The molecule has 0 aromatic heterocycles. The van der Waals surface area contributed by atoms with Gasteiger partial charge in [-0.25, -0.2) is 8.42 Å². The summed E-state index contributed by atoms with van der Waals surface area (Å²) in [5, 5.41) is 0. The molecule has 0 spiro atoms. The molecule has 1 N–H and O–H groups in total. The lowest BCUT2D eigenvalue weighted by Crippen LogP contribution is -2.31. The predicted octanol–water partition coefficient (Wildman–Crippen LogP) is 3.32. The van der Waals surface area contributed by atoms with Gasteiger partial charge in [-0.2, -0.15) is 0 Å². The van der Waals surface area contributed by atoms with Gasteiger partial charge in [0.2, 0.25) is 0 Å². The van der Waals surface area contributed by atoms with E-state index in [1.165, 1.54) is 7.11 Å². The van der Waals surface area contributed by atoms with Crippen LogP contribution in [0.25, 0.3) is 0 Å². The predicted molar refractivity (Wildman–Crippen MR) is 110 cm³/mol. The number of ether oxygens (including phenoxy) is 1. The third-order valence-corrected chi connectivity index (χ3v) is 6.22. The van der Waals surface area contributed by atoms with Gasteiger partial charge in [-0.15, -0.1) is 0 Å². The summed E-state index contributed by atoms with van der Waals surface area (Å²) in [6.07, 6.45) is 0.681. The second kappa shape index (κ2) is 7.56. The Balaban J connectivity index is 1.79. The number of anilines is 2. The maximum absolute atomic E-state index is 12.7. The molecule has 28 heavy (non-hydrogen) atoms. The van der Waals surface area contributed by atoms with Crippen molar-refractivity contribution in [2.75, 3.05) is 29.9 Å². The number of nitrogens with zero attached hydrogens (tertiary/aromatic N) is 1. The van der Waals surface area contributed by atoms with E-state index in [0.29, 0.717) is 18.7 Å². The number of carbonyl (C=O) groups is 1. The zero-order valence-corrected chi connectivity index (χ0v) is 17.5. The molecule has 150 valence electrons. The fraction of sp³-hybridized carbons (Fsp3) is 0.381. The van der Waals surface area contributed by atoms with Crippen LogP contribution >= 0.6 is 0 Å². The number of carbonyl (C=O) groups excluding carboxylic acids is 1. The normalized spacial score (nSPS) is 14.1. The molecule has 0 aliphatic carbocycles. The fourth-order valence-electron chi connectivity index (χ4n) is 3.27. The van der Waals surface area contributed by atoms with Gasteiger partial charge in [0, 0.05) is 25.0 Å². The van der Waals surface area contributed by atoms with E-state index in [-0.39, 0.29) is 22.8 Å². The Hall–Kier alpha value is -2.38. The number of rotatable bonds is 5. The van der Waals surface area contributed by atoms with Crippen molar-refractivity contribution in [2.45, 2.75) is 37.5 Å². The Labute approximate surface area is 166 Å². The van der Waals surface area contributed by atoms with E-state index < -0.39 is 10.0 Å². The van der Waals surface area contributed by atoms with Crippen LogP contribution in [0.4, 0.5) is 11.4 Å². The molecular weight excluding hydrogens is 376 g/mol. The first-order valence-corrected chi connectivity index (χ1v) is 10.7. The number of methoxy groups -OCH3 is 1. The zero-order chi connectivity index (χ0) is 20.5. The third kappa shape index (κ3) is 4.20. The van der Waals surface area contributed by atoms with Gasteiger partial charge in [0.1, 0.15) is 6.61 Å². The van der Waals surface area contributed by atoms with E-state index in [2.05, 4.69) is 25.5 Å². The van der Waals surface area contributed by atoms with Gasteiger partial charge in [-0.05, 0) is 53.3 Å². The minimum atomic E-state index is -3.68. The minimum Gasteiger partial charge on any atom is -0.375 e. The first kappa shape index (κ1) is 20.4. The summed E-state index contributed by atoms with van der Waals surface area (Å²) in [6, 6.07) is 12.2. The lowest BCUT2D eigenvalue weighted by Gasteiger charge is -2.19. The number of hydrogen-bond donors (Lipinski definition) is 1. The number of benzene rings is 2. The Morgan fingerprint density at radius 2 is 1.82 bits per heavy atom. The zero-order valence-electron chi connectivity index (χ0n) is 16.7. The lowest BCUT2D eigenvalue weighted by atomic mass is 9.87. The molecule has 1 amide bonds. The van der Waals surface area contributed by atoms with Gasteiger partial charge < -0.3 is 9.64 Å². The van der Waals surface area contributed by atoms with Crippen molar-refractivity contribution in [3.63, 3.8) is 0 Å². The van der Waals surface area contributed by atoms with Gasteiger partial charge in [0.15, 0.2) is 0 Å². The van der Waals surface area contributed by atoms with Crippen LogP contribution in [0.3, 0.4) is 0 Å². The molecule has 7 heteroatoms. The number of nitrogens with one attached hydrogen (secondary N) is 1. The van der Waals surface area contributed by atoms with E-state index in [1.54, 1.807) is 35.2 Å². The first-order valence-electron chi connectivity index (χ1n) is 9.17. The molecule has 0 atom stereocenters. The largest absolute Gasteiger partial charge is 0.375 e. The van der Waals surface area contributed by atoms with Crippen molar-refractivity contribution in [1.29, 1.82) is 0 Å². The SMILES string of the molecule is COCC(=O)N1CCc2cc(NS(=O)(=O)c3ccc(C(C)(C)C)cc3)ccc21. The molecule has 0 saturated carbocycles. The van der Waals surface area contributed by atoms with Crippen LogP contribution < -0.4 is 9.62 Å². The Bertz CT molecular complexity index is 976. The molecule has 0 saturated heterocycles. The second-order valence-electron chi connectivity index (χ2n) is 7.95. The Kier molecular flexibility index (Phi) is 5.50. The van der Waals surface area contributed by atoms with Crippen LogP contribution in [0, 0.1) is 0 Å². The number of fused-ring (bicyclic) bond motifs is 1. The van der Waals surface area contributed by atoms with Crippen LogP contribution in [0.1, 0.15) is 31.9 Å². The van der Waals surface area contributed by atoms with Gasteiger partial charge in [-0.3, -0.25) is 9.52 Å². The maximum atomic E-state index is 12.7. The highest BCUT2D eigenvalue weighted by atomic mass is 32.2. The van der Waals surface area contributed by atoms with Gasteiger partial charge >= 0.3 is 0 Å². The molecule has 0 unspecified atom stereocenters. The van der Waals surface area contributed by atoms with E-state index in [1.807, 2.05) is 12.1 Å². The van der Waals surface area contributed by atoms with Crippen molar-refractivity contribution in [1.82, 2.24) is 0 Å². The molecular formula is C21H26N2O4S. The second-order valence-corrected chi connectivity index (χ2v) is 9.63. The van der Waals surface area contributed by atoms with Crippen molar-refractivity contribution in [3.8, 4) is 0 Å². The highest BCUT2D eigenvalue weighted by Crippen LogP contribution is 2.31. The molecule has 0 fully saturated rings. The van der Waals surface area contributed by atoms with Crippen molar-refractivity contribution in [2.24, 2.45) is 0 Å². The van der Waals surface area contributed by atoms with Gasteiger partial charge in [0.25, 0.3) is 15.9 Å². The number of sulfonamides is 1. The Morgan fingerprint density at radius 3 is 2.43 bits per heavy atom. The standard InChI is InChI=1S/C21H26N2O4S/c1-21(2,3)16-5-8-18(9-6-16)28(25,26)22-17-7-10-19-15(13-17)11-12-23(19)20(24)14-27-4/h5-10,13,22H,11-12,14H2,1-4H3. The molecule has 0 radical (unpaired) electrons. The average Bonchev–Trinajstić information content (AvgIpc) is 3.04. The van der Waals surface area contributed by atoms with E-state index in [0.717, 1.165) is 16.8 Å². The van der Waals surface area contributed by atoms with Crippen LogP contribution in [0.15, 0.2) is 47.4 Å². The summed E-state index contributed by atoms with van der Waals surface area (Å²) in [5.74, 6) is -0.103. The molecule has 2 aromatic rings. The molecule has 0 bridgehead atoms. The summed E-state index contributed by atoms with van der Waals surface area (Å²) >= 11 is 0. The van der Waals surface area contributed by atoms with E-state index in [4.69, 9.17) is 4.74 Å².